The van der Waals surface area contributed by atoms with Gasteiger partial charge >= 0.3 is 11.8 Å². The molecule has 2 rings (SSSR count). The van der Waals surface area contributed by atoms with Crippen LogP contribution in [0.4, 0.5) is 5.69 Å². The summed E-state index contributed by atoms with van der Waals surface area (Å²) in [7, 11) is 0. The van der Waals surface area contributed by atoms with Gasteiger partial charge < -0.3 is 10.2 Å². The van der Waals surface area contributed by atoms with Crippen LogP contribution in [-0.2, 0) is 9.59 Å². The molecule has 4 nitrogen and oxygen atoms in total. The standard InChI is InChI=1S/C20H26N2O2/c1-14(2)12-22(13-15(3)4)20(24)19(23)21-18-10-9-16-7-5-6-8-17(16)11-18/h5-11,14-15H,12-13H2,1-4H3,(H,21,23). The molecule has 0 saturated carbocycles. The number of carbonyl (C=O) groups excluding carboxylic acids is 2. The minimum Gasteiger partial charge on any atom is -0.334 e. The number of fused-ring (bicyclic) bond motifs is 1. The Morgan fingerprint density at radius 3 is 2.08 bits per heavy atom. The molecule has 0 saturated heterocycles. The second-order valence-corrected chi connectivity index (χ2v) is 7.01. The van der Waals surface area contributed by atoms with Crippen molar-refractivity contribution in [3.8, 4) is 0 Å². The van der Waals surface area contributed by atoms with Crippen molar-refractivity contribution in [1.29, 1.82) is 0 Å². The quantitative estimate of drug-likeness (QED) is 0.847. The molecule has 2 aromatic carbocycles. The van der Waals surface area contributed by atoms with Crippen molar-refractivity contribution in [2.75, 3.05) is 18.4 Å². The van der Waals surface area contributed by atoms with Crippen LogP contribution < -0.4 is 5.32 Å². The van der Waals surface area contributed by atoms with Gasteiger partial charge in [-0.15, -0.1) is 0 Å². The summed E-state index contributed by atoms with van der Waals surface area (Å²) < 4.78 is 0. The first-order valence-electron chi connectivity index (χ1n) is 8.46. The fraction of sp³-hybridized carbons (Fsp3) is 0.400. The molecular formula is C20H26N2O2. The van der Waals surface area contributed by atoms with Gasteiger partial charge in [0.25, 0.3) is 0 Å². The largest absolute Gasteiger partial charge is 0.334 e. The molecule has 0 aliphatic carbocycles. The fourth-order valence-electron chi connectivity index (χ4n) is 2.72. The summed E-state index contributed by atoms with van der Waals surface area (Å²) in [4.78, 5) is 26.5. The monoisotopic (exact) mass is 326 g/mol. The Bertz CT molecular complexity index is 712. The predicted octanol–water partition coefficient (Wildman–Crippen LogP) is 3.92. The SMILES string of the molecule is CC(C)CN(CC(C)C)C(=O)C(=O)Nc1ccc2ccccc2c1. The van der Waals surface area contributed by atoms with Crippen LogP contribution in [0.2, 0.25) is 0 Å². The van der Waals surface area contributed by atoms with Crippen LogP contribution in [0.25, 0.3) is 10.8 Å². The molecule has 0 aromatic heterocycles. The Morgan fingerprint density at radius 1 is 0.917 bits per heavy atom. The third kappa shape index (κ3) is 4.82. The topological polar surface area (TPSA) is 49.4 Å². The van der Waals surface area contributed by atoms with Gasteiger partial charge in [0.15, 0.2) is 0 Å². The molecular weight excluding hydrogens is 300 g/mol. The normalized spacial score (nSPS) is 11.1. The van der Waals surface area contributed by atoms with E-state index in [0.29, 0.717) is 30.6 Å². The molecule has 0 atom stereocenters. The summed E-state index contributed by atoms with van der Waals surface area (Å²) >= 11 is 0. The first-order chi connectivity index (χ1) is 11.4. The minimum atomic E-state index is -0.577. The molecule has 4 heteroatoms. The van der Waals surface area contributed by atoms with Gasteiger partial charge in [-0.3, -0.25) is 9.59 Å². The Labute approximate surface area is 143 Å². The minimum absolute atomic E-state index is 0.321. The first kappa shape index (κ1) is 18.0. The number of nitrogens with zero attached hydrogens (tertiary/aromatic N) is 1. The summed E-state index contributed by atoms with van der Waals surface area (Å²) in [5, 5.41) is 4.86. The second kappa shape index (κ2) is 7.95. The highest BCUT2D eigenvalue weighted by atomic mass is 16.2. The molecule has 128 valence electrons. The van der Waals surface area contributed by atoms with Crippen molar-refractivity contribution in [3.63, 3.8) is 0 Å². The Balaban J connectivity index is 2.11. The van der Waals surface area contributed by atoms with Gasteiger partial charge in [0, 0.05) is 18.8 Å². The number of hydrogen-bond donors (Lipinski definition) is 1. The van der Waals surface area contributed by atoms with Crippen LogP contribution in [0, 0.1) is 11.8 Å². The molecule has 1 N–H and O–H groups in total. The van der Waals surface area contributed by atoms with E-state index in [0.717, 1.165) is 10.8 Å². The van der Waals surface area contributed by atoms with Gasteiger partial charge in [-0.2, -0.15) is 0 Å². The lowest BCUT2D eigenvalue weighted by atomic mass is 10.1. The third-order valence-electron chi connectivity index (χ3n) is 3.66. The summed E-state index contributed by atoms with van der Waals surface area (Å²) in [6.45, 7) is 9.34. The zero-order valence-electron chi connectivity index (χ0n) is 14.9. The smallest absolute Gasteiger partial charge is 0.313 e. The number of anilines is 1. The lowest BCUT2D eigenvalue weighted by molar-refractivity contribution is -0.143. The molecule has 0 spiro atoms. The number of amides is 2. The van der Waals surface area contributed by atoms with Crippen LogP contribution in [0.15, 0.2) is 42.5 Å². The van der Waals surface area contributed by atoms with Crippen molar-refractivity contribution in [1.82, 2.24) is 4.90 Å². The molecule has 0 radical (unpaired) electrons. The van der Waals surface area contributed by atoms with Crippen LogP contribution in [0.5, 0.6) is 0 Å². The molecule has 0 aliphatic rings. The highest BCUT2D eigenvalue weighted by Crippen LogP contribution is 2.19. The molecule has 2 aromatic rings. The molecule has 0 aliphatic heterocycles. The second-order valence-electron chi connectivity index (χ2n) is 7.01. The van der Waals surface area contributed by atoms with E-state index in [2.05, 4.69) is 5.32 Å². The average Bonchev–Trinajstić information content (AvgIpc) is 2.52. The van der Waals surface area contributed by atoms with Crippen molar-refractivity contribution in [3.05, 3.63) is 42.5 Å². The Hall–Kier alpha value is -2.36. The number of nitrogens with one attached hydrogen (secondary N) is 1. The predicted molar refractivity (Wildman–Crippen MR) is 98.8 cm³/mol. The summed E-state index contributed by atoms with van der Waals surface area (Å²) in [6, 6.07) is 13.6. The fourth-order valence-corrected chi connectivity index (χ4v) is 2.72. The number of carbonyl (C=O) groups is 2. The number of hydrogen-bond acceptors (Lipinski definition) is 2. The molecule has 0 bridgehead atoms. The molecule has 0 unspecified atom stereocenters. The summed E-state index contributed by atoms with van der Waals surface area (Å²) in [5.41, 5.74) is 0.640. The van der Waals surface area contributed by atoms with Gasteiger partial charge in [-0.1, -0.05) is 58.0 Å². The van der Waals surface area contributed by atoms with Gasteiger partial charge in [-0.05, 0) is 34.7 Å². The maximum atomic E-state index is 12.5. The van der Waals surface area contributed by atoms with Gasteiger partial charge in [0.2, 0.25) is 0 Å². The average molecular weight is 326 g/mol. The lowest BCUT2D eigenvalue weighted by Gasteiger charge is -2.25. The highest BCUT2D eigenvalue weighted by molar-refractivity contribution is 6.39. The van der Waals surface area contributed by atoms with Gasteiger partial charge in [0.1, 0.15) is 0 Å². The van der Waals surface area contributed by atoms with Crippen molar-refractivity contribution in [2.45, 2.75) is 27.7 Å². The molecule has 0 fully saturated rings. The van der Waals surface area contributed by atoms with E-state index < -0.39 is 11.8 Å². The first-order valence-corrected chi connectivity index (χ1v) is 8.46. The number of rotatable bonds is 5. The Morgan fingerprint density at radius 2 is 1.50 bits per heavy atom. The summed E-state index contributed by atoms with van der Waals surface area (Å²) in [5.74, 6) is -0.403. The molecule has 2 amide bonds. The van der Waals surface area contributed by atoms with E-state index >= 15 is 0 Å². The third-order valence-corrected chi connectivity index (χ3v) is 3.66. The summed E-state index contributed by atoms with van der Waals surface area (Å²) in [6.07, 6.45) is 0. The van der Waals surface area contributed by atoms with E-state index in [9.17, 15) is 9.59 Å². The maximum Gasteiger partial charge on any atom is 0.313 e. The van der Waals surface area contributed by atoms with Crippen molar-refractivity contribution >= 4 is 28.3 Å². The van der Waals surface area contributed by atoms with Crippen LogP contribution in [0.1, 0.15) is 27.7 Å². The van der Waals surface area contributed by atoms with Gasteiger partial charge in [-0.25, -0.2) is 0 Å². The van der Waals surface area contributed by atoms with Crippen LogP contribution >= 0.6 is 0 Å². The van der Waals surface area contributed by atoms with Crippen molar-refractivity contribution < 1.29 is 9.59 Å². The lowest BCUT2D eigenvalue weighted by Crippen LogP contribution is -2.43. The maximum absolute atomic E-state index is 12.5. The van der Waals surface area contributed by atoms with Crippen LogP contribution in [0.3, 0.4) is 0 Å². The zero-order chi connectivity index (χ0) is 17.7. The molecule has 24 heavy (non-hydrogen) atoms. The Kier molecular flexibility index (Phi) is 5.96. The highest BCUT2D eigenvalue weighted by Gasteiger charge is 2.23. The zero-order valence-corrected chi connectivity index (χ0v) is 14.9. The van der Waals surface area contributed by atoms with Gasteiger partial charge in [0.05, 0.1) is 0 Å². The van der Waals surface area contributed by atoms with Crippen molar-refractivity contribution in [2.24, 2.45) is 11.8 Å². The van der Waals surface area contributed by atoms with E-state index in [1.54, 1.807) is 4.90 Å². The number of benzene rings is 2. The molecule has 0 heterocycles. The van der Waals surface area contributed by atoms with Crippen LogP contribution in [-0.4, -0.2) is 29.8 Å². The van der Waals surface area contributed by atoms with E-state index in [1.165, 1.54) is 0 Å². The van der Waals surface area contributed by atoms with E-state index in [1.807, 2.05) is 70.2 Å². The van der Waals surface area contributed by atoms with E-state index in [4.69, 9.17) is 0 Å². The van der Waals surface area contributed by atoms with E-state index in [-0.39, 0.29) is 0 Å².